The molecule has 0 aliphatic rings. The van der Waals surface area contributed by atoms with Gasteiger partial charge in [0.25, 0.3) is 5.91 Å². The number of hydrogen-bond acceptors (Lipinski definition) is 6. The molecule has 4 rings (SSSR count). The third-order valence-electron chi connectivity index (χ3n) is 5.83. The number of benzene rings is 2. The average Bonchev–Trinajstić information content (AvgIpc) is 3.32. The zero-order chi connectivity index (χ0) is 25.7. The van der Waals surface area contributed by atoms with Crippen LogP contribution in [0.4, 0.5) is 0 Å². The first-order valence-electron chi connectivity index (χ1n) is 11.1. The predicted molar refractivity (Wildman–Crippen MR) is 136 cm³/mol. The van der Waals surface area contributed by atoms with Crippen LogP contribution in [-0.4, -0.2) is 30.1 Å². The second kappa shape index (κ2) is 10.5. The van der Waals surface area contributed by atoms with Crippen LogP contribution in [0.15, 0.2) is 66.5 Å². The molecule has 0 aliphatic carbocycles. The summed E-state index contributed by atoms with van der Waals surface area (Å²) < 4.78 is 10.6. The Balaban J connectivity index is 1.60. The fraction of sp³-hybridized carbons (Fsp3) is 0.143. The van der Waals surface area contributed by atoms with Gasteiger partial charge in [0.1, 0.15) is 17.3 Å². The van der Waals surface area contributed by atoms with Crippen LogP contribution in [0.1, 0.15) is 29.7 Å². The number of hydrogen-bond donors (Lipinski definition) is 2. The number of fused-ring (bicyclic) bond motifs is 1. The van der Waals surface area contributed by atoms with E-state index in [2.05, 4.69) is 21.4 Å². The lowest BCUT2D eigenvalue weighted by Crippen LogP contribution is -2.27. The first-order chi connectivity index (χ1) is 17.5. The van der Waals surface area contributed by atoms with Crippen LogP contribution in [0.25, 0.3) is 28.2 Å². The van der Waals surface area contributed by atoms with Crippen molar-refractivity contribution >= 4 is 23.0 Å². The van der Waals surface area contributed by atoms with E-state index in [0.717, 1.165) is 22.1 Å². The van der Waals surface area contributed by atoms with Gasteiger partial charge in [-0.15, -0.1) is 0 Å². The van der Waals surface area contributed by atoms with E-state index in [0.29, 0.717) is 28.3 Å². The van der Waals surface area contributed by atoms with Crippen molar-refractivity contribution in [2.24, 2.45) is 0 Å². The van der Waals surface area contributed by atoms with Crippen molar-refractivity contribution in [2.75, 3.05) is 14.2 Å². The molecular formula is C28H23N5O3. The van der Waals surface area contributed by atoms with E-state index < -0.39 is 5.91 Å². The summed E-state index contributed by atoms with van der Waals surface area (Å²) in [5, 5.41) is 22.4. The van der Waals surface area contributed by atoms with Crippen LogP contribution in [0.5, 0.6) is 11.5 Å². The molecule has 0 bridgehead atoms. The standard InChI is InChI=1S/C28H23N5O3/c1-17(20-8-9-25(35-2)26(12-20)36-3)33-28(34)21(14-30)10-23-16-32-27-24(23)11-22(15-31-27)19-6-4-18(13-29)5-7-19/h4-12,15-17H,1-3H3,(H,31,32)(H,33,34)/b21-10-/t17-/m1/s1. The highest BCUT2D eigenvalue weighted by Crippen LogP contribution is 2.30. The van der Waals surface area contributed by atoms with Crippen molar-refractivity contribution in [1.82, 2.24) is 15.3 Å². The molecule has 0 fully saturated rings. The molecule has 8 heteroatoms. The number of aromatic amines is 1. The Morgan fingerprint density at radius 2 is 1.81 bits per heavy atom. The first kappa shape index (κ1) is 24.1. The second-order valence-corrected chi connectivity index (χ2v) is 8.03. The monoisotopic (exact) mass is 477 g/mol. The molecule has 2 aromatic carbocycles. The van der Waals surface area contributed by atoms with E-state index in [1.54, 1.807) is 57.0 Å². The number of aromatic nitrogens is 2. The van der Waals surface area contributed by atoms with Crippen LogP contribution in [0.2, 0.25) is 0 Å². The van der Waals surface area contributed by atoms with Gasteiger partial charge < -0.3 is 19.8 Å². The van der Waals surface area contributed by atoms with E-state index >= 15 is 0 Å². The highest BCUT2D eigenvalue weighted by Gasteiger charge is 2.17. The number of nitrogens with one attached hydrogen (secondary N) is 2. The first-order valence-corrected chi connectivity index (χ1v) is 11.1. The molecule has 0 radical (unpaired) electrons. The van der Waals surface area contributed by atoms with E-state index in [9.17, 15) is 10.1 Å². The minimum Gasteiger partial charge on any atom is -0.493 e. The lowest BCUT2D eigenvalue weighted by Gasteiger charge is -2.16. The van der Waals surface area contributed by atoms with Gasteiger partial charge in [-0.2, -0.15) is 10.5 Å². The van der Waals surface area contributed by atoms with Gasteiger partial charge in [-0.05, 0) is 54.5 Å². The highest BCUT2D eigenvalue weighted by atomic mass is 16.5. The molecule has 0 saturated carbocycles. The maximum atomic E-state index is 12.9. The number of nitrogens with zero attached hydrogens (tertiary/aromatic N) is 3. The lowest BCUT2D eigenvalue weighted by atomic mass is 10.0. The molecule has 2 N–H and O–H groups in total. The van der Waals surface area contributed by atoms with Gasteiger partial charge in [0.2, 0.25) is 0 Å². The fourth-order valence-electron chi connectivity index (χ4n) is 3.82. The van der Waals surface area contributed by atoms with Gasteiger partial charge in [-0.3, -0.25) is 4.79 Å². The number of carbonyl (C=O) groups is 1. The van der Waals surface area contributed by atoms with Crippen molar-refractivity contribution in [3.63, 3.8) is 0 Å². The van der Waals surface area contributed by atoms with Crippen molar-refractivity contribution in [2.45, 2.75) is 13.0 Å². The third-order valence-corrected chi connectivity index (χ3v) is 5.83. The number of H-pyrrole nitrogens is 1. The SMILES string of the molecule is COc1ccc([C@@H](C)NC(=O)/C(C#N)=C\c2c[nH]c3ncc(-c4ccc(C#N)cc4)cc23)cc1OC. The van der Waals surface area contributed by atoms with Crippen molar-refractivity contribution < 1.29 is 14.3 Å². The summed E-state index contributed by atoms with van der Waals surface area (Å²) in [7, 11) is 3.10. The summed E-state index contributed by atoms with van der Waals surface area (Å²) in [6, 6.07) is 18.3. The Labute approximate surface area is 208 Å². The number of amides is 1. The van der Waals surface area contributed by atoms with Gasteiger partial charge >= 0.3 is 0 Å². The van der Waals surface area contributed by atoms with Gasteiger partial charge in [-0.1, -0.05) is 18.2 Å². The zero-order valence-electron chi connectivity index (χ0n) is 20.0. The number of carbonyl (C=O) groups excluding carboxylic acids is 1. The van der Waals surface area contributed by atoms with Crippen LogP contribution in [0.3, 0.4) is 0 Å². The highest BCUT2D eigenvalue weighted by molar-refractivity contribution is 6.04. The Hall–Kier alpha value is -5.08. The smallest absolute Gasteiger partial charge is 0.262 e. The van der Waals surface area contributed by atoms with E-state index in [-0.39, 0.29) is 11.6 Å². The van der Waals surface area contributed by atoms with Gasteiger partial charge in [0.05, 0.1) is 31.9 Å². The molecule has 4 aromatic rings. The largest absolute Gasteiger partial charge is 0.493 e. The molecule has 2 heterocycles. The fourth-order valence-corrected chi connectivity index (χ4v) is 3.82. The average molecular weight is 478 g/mol. The molecular weight excluding hydrogens is 454 g/mol. The molecule has 178 valence electrons. The summed E-state index contributed by atoms with van der Waals surface area (Å²) in [6.07, 6.45) is 4.98. The van der Waals surface area contributed by atoms with Crippen LogP contribution in [0, 0.1) is 22.7 Å². The maximum absolute atomic E-state index is 12.9. The molecule has 0 aliphatic heterocycles. The molecule has 8 nitrogen and oxygen atoms in total. The van der Waals surface area contributed by atoms with Gasteiger partial charge in [0.15, 0.2) is 11.5 Å². The van der Waals surface area contributed by atoms with Crippen molar-refractivity contribution in [1.29, 1.82) is 10.5 Å². The lowest BCUT2D eigenvalue weighted by molar-refractivity contribution is -0.117. The Bertz CT molecular complexity index is 1540. The molecule has 0 saturated heterocycles. The summed E-state index contributed by atoms with van der Waals surface area (Å²) in [5.74, 6) is 0.646. The van der Waals surface area contributed by atoms with Crippen molar-refractivity contribution in [3.8, 4) is 34.8 Å². The van der Waals surface area contributed by atoms with E-state index in [1.165, 1.54) is 0 Å². The number of nitriles is 2. The summed E-state index contributed by atoms with van der Waals surface area (Å²) >= 11 is 0. The summed E-state index contributed by atoms with van der Waals surface area (Å²) in [4.78, 5) is 20.5. The summed E-state index contributed by atoms with van der Waals surface area (Å²) in [5.41, 5.74) is 4.40. The van der Waals surface area contributed by atoms with Gasteiger partial charge in [-0.25, -0.2) is 4.98 Å². The Morgan fingerprint density at radius 1 is 1.06 bits per heavy atom. The number of ether oxygens (including phenoxy) is 2. The molecule has 36 heavy (non-hydrogen) atoms. The Kier molecular flexibility index (Phi) is 6.99. The summed E-state index contributed by atoms with van der Waals surface area (Å²) in [6.45, 7) is 1.83. The van der Waals surface area contributed by atoms with Crippen LogP contribution >= 0.6 is 0 Å². The van der Waals surface area contributed by atoms with E-state index in [4.69, 9.17) is 14.7 Å². The molecule has 2 aromatic heterocycles. The molecule has 0 unspecified atom stereocenters. The quantitative estimate of drug-likeness (QED) is 0.288. The molecule has 1 atom stereocenters. The minimum atomic E-state index is -0.495. The molecule has 0 spiro atoms. The maximum Gasteiger partial charge on any atom is 0.262 e. The van der Waals surface area contributed by atoms with Crippen molar-refractivity contribution in [3.05, 3.63) is 83.2 Å². The second-order valence-electron chi connectivity index (χ2n) is 8.03. The van der Waals surface area contributed by atoms with Crippen LogP contribution in [-0.2, 0) is 4.79 Å². The number of methoxy groups -OCH3 is 2. The van der Waals surface area contributed by atoms with E-state index in [1.807, 2.05) is 37.3 Å². The third kappa shape index (κ3) is 4.89. The zero-order valence-corrected chi connectivity index (χ0v) is 20.0. The minimum absolute atomic E-state index is 0.0352. The molecule has 1 amide bonds. The van der Waals surface area contributed by atoms with Crippen LogP contribution < -0.4 is 14.8 Å². The predicted octanol–water partition coefficient (Wildman–Crippen LogP) is 4.90. The topological polar surface area (TPSA) is 124 Å². The number of rotatable bonds is 7. The van der Waals surface area contributed by atoms with Gasteiger partial charge in [0, 0.05) is 28.9 Å². The normalized spacial score (nSPS) is 11.9. The Morgan fingerprint density at radius 3 is 2.47 bits per heavy atom. The number of pyridine rings is 1.